The predicted octanol–water partition coefficient (Wildman–Crippen LogP) is 3.57. The van der Waals surface area contributed by atoms with Gasteiger partial charge in [-0.15, -0.1) is 11.3 Å². The zero-order valence-electron chi connectivity index (χ0n) is 15.2. The van der Waals surface area contributed by atoms with Gasteiger partial charge in [0.2, 0.25) is 5.91 Å². The quantitative estimate of drug-likeness (QED) is 0.738. The second-order valence-electron chi connectivity index (χ2n) is 6.54. The van der Waals surface area contributed by atoms with Gasteiger partial charge < -0.3 is 10.2 Å². The minimum atomic E-state index is -0.668. The van der Waals surface area contributed by atoms with Crippen LogP contribution < -0.4 is 5.32 Å². The third kappa shape index (κ3) is 3.41. The van der Waals surface area contributed by atoms with E-state index in [4.69, 9.17) is 0 Å². The van der Waals surface area contributed by atoms with Crippen molar-refractivity contribution in [3.8, 4) is 10.6 Å². The number of carbonyl (C=O) groups is 2. The van der Waals surface area contributed by atoms with Gasteiger partial charge in [-0.3, -0.25) is 9.59 Å². The zero-order valence-corrected chi connectivity index (χ0v) is 16.0. The molecule has 0 bridgehead atoms. The molecule has 0 radical (unpaired) electrons. The van der Waals surface area contributed by atoms with Gasteiger partial charge in [-0.1, -0.05) is 30.3 Å². The molecule has 1 aromatic heterocycles. The van der Waals surface area contributed by atoms with Gasteiger partial charge in [-0.05, 0) is 36.8 Å². The van der Waals surface area contributed by atoms with Crippen LogP contribution in [0.15, 0.2) is 54.6 Å². The van der Waals surface area contributed by atoms with Crippen LogP contribution in [0.2, 0.25) is 0 Å². The largest absolute Gasteiger partial charge is 0.352 e. The van der Waals surface area contributed by atoms with Crippen LogP contribution in [0.5, 0.6) is 0 Å². The van der Waals surface area contributed by atoms with E-state index < -0.39 is 6.04 Å². The molecule has 142 valence electrons. The Morgan fingerprint density at radius 2 is 1.89 bits per heavy atom. The van der Waals surface area contributed by atoms with Crippen molar-refractivity contribution in [1.82, 2.24) is 15.2 Å². The lowest BCUT2D eigenvalue weighted by Crippen LogP contribution is -2.52. The van der Waals surface area contributed by atoms with Gasteiger partial charge in [0.15, 0.2) is 0 Å². The normalized spacial score (nSPS) is 16.7. The summed E-state index contributed by atoms with van der Waals surface area (Å²) in [7, 11) is 0. The smallest absolute Gasteiger partial charge is 0.266 e. The lowest BCUT2D eigenvalue weighted by Gasteiger charge is -2.35. The van der Waals surface area contributed by atoms with E-state index in [0.717, 1.165) is 11.1 Å². The number of benzene rings is 2. The first kappa shape index (κ1) is 18.3. The molecule has 0 saturated carbocycles. The fourth-order valence-electron chi connectivity index (χ4n) is 3.29. The average Bonchev–Trinajstić information content (AvgIpc) is 3.10. The molecule has 1 atom stereocenters. The number of amides is 2. The first-order valence-corrected chi connectivity index (χ1v) is 9.73. The Bertz CT molecular complexity index is 1020. The number of carbonyl (C=O) groups excluding carboxylic acids is 2. The first-order valence-electron chi connectivity index (χ1n) is 8.91. The Kier molecular flexibility index (Phi) is 4.92. The highest BCUT2D eigenvalue weighted by Crippen LogP contribution is 2.32. The van der Waals surface area contributed by atoms with Crippen molar-refractivity contribution in [3.05, 3.63) is 76.5 Å². The van der Waals surface area contributed by atoms with Gasteiger partial charge >= 0.3 is 0 Å². The van der Waals surface area contributed by atoms with E-state index in [9.17, 15) is 14.0 Å². The maximum Gasteiger partial charge on any atom is 0.266 e. The van der Waals surface area contributed by atoms with E-state index in [2.05, 4.69) is 10.3 Å². The van der Waals surface area contributed by atoms with Gasteiger partial charge in [0.05, 0.1) is 5.69 Å². The summed E-state index contributed by atoms with van der Waals surface area (Å²) in [6.45, 7) is 2.61. The van der Waals surface area contributed by atoms with Gasteiger partial charge in [0.1, 0.15) is 21.7 Å². The number of halogens is 1. The lowest BCUT2D eigenvalue weighted by molar-refractivity contribution is -0.128. The van der Waals surface area contributed by atoms with Crippen LogP contribution in [0.1, 0.15) is 27.0 Å². The average molecular weight is 395 g/mol. The summed E-state index contributed by atoms with van der Waals surface area (Å²) in [6, 6.07) is 14.6. The Labute approximate surface area is 165 Å². The molecule has 2 aromatic carbocycles. The van der Waals surface area contributed by atoms with E-state index in [-0.39, 0.29) is 17.6 Å². The number of aryl methyl sites for hydroxylation is 1. The molecule has 2 amide bonds. The maximum absolute atomic E-state index is 13.3. The SMILES string of the molecule is Cc1nc(-c2ccc(F)cc2)sc1C(=O)N1CCNC(=O)C1c1ccccc1. The molecule has 1 aliphatic heterocycles. The summed E-state index contributed by atoms with van der Waals surface area (Å²) in [5, 5.41) is 3.49. The number of hydrogen-bond donors (Lipinski definition) is 1. The molecule has 1 unspecified atom stereocenters. The first-order chi connectivity index (χ1) is 13.5. The van der Waals surface area contributed by atoms with Gasteiger partial charge in [0.25, 0.3) is 5.91 Å². The molecule has 1 fully saturated rings. The van der Waals surface area contributed by atoms with E-state index in [1.807, 2.05) is 30.3 Å². The van der Waals surface area contributed by atoms with Crippen molar-refractivity contribution in [2.75, 3.05) is 13.1 Å². The molecule has 5 nitrogen and oxygen atoms in total. The highest BCUT2D eigenvalue weighted by atomic mass is 32.1. The van der Waals surface area contributed by atoms with Crippen LogP contribution >= 0.6 is 11.3 Å². The fourth-order valence-corrected chi connectivity index (χ4v) is 4.32. The molecule has 7 heteroatoms. The van der Waals surface area contributed by atoms with Gasteiger partial charge in [-0.25, -0.2) is 9.37 Å². The van der Waals surface area contributed by atoms with Crippen molar-refractivity contribution in [3.63, 3.8) is 0 Å². The summed E-state index contributed by atoms with van der Waals surface area (Å²) in [5.74, 6) is -0.725. The van der Waals surface area contributed by atoms with Crippen molar-refractivity contribution < 1.29 is 14.0 Å². The molecule has 1 N–H and O–H groups in total. The van der Waals surface area contributed by atoms with Crippen LogP contribution in [-0.2, 0) is 4.79 Å². The minimum Gasteiger partial charge on any atom is -0.352 e. The summed E-state index contributed by atoms with van der Waals surface area (Å²) in [6.07, 6.45) is 0. The van der Waals surface area contributed by atoms with E-state index in [0.29, 0.717) is 28.7 Å². The molecule has 1 saturated heterocycles. The molecule has 4 rings (SSSR count). The number of nitrogens with one attached hydrogen (secondary N) is 1. The number of piperazine rings is 1. The molecule has 0 spiro atoms. The van der Waals surface area contributed by atoms with Gasteiger partial charge in [-0.2, -0.15) is 0 Å². The number of thiazole rings is 1. The molecule has 3 aromatic rings. The van der Waals surface area contributed by atoms with Crippen molar-refractivity contribution in [2.24, 2.45) is 0 Å². The van der Waals surface area contributed by atoms with Crippen LogP contribution in [0.4, 0.5) is 4.39 Å². The van der Waals surface area contributed by atoms with Crippen molar-refractivity contribution in [2.45, 2.75) is 13.0 Å². The highest BCUT2D eigenvalue weighted by Gasteiger charge is 2.36. The lowest BCUT2D eigenvalue weighted by atomic mass is 10.0. The summed E-state index contributed by atoms with van der Waals surface area (Å²) >= 11 is 1.26. The van der Waals surface area contributed by atoms with E-state index in [1.165, 1.54) is 23.5 Å². The zero-order chi connectivity index (χ0) is 19.7. The topological polar surface area (TPSA) is 62.3 Å². The third-order valence-electron chi connectivity index (χ3n) is 4.67. The summed E-state index contributed by atoms with van der Waals surface area (Å²) < 4.78 is 13.2. The monoisotopic (exact) mass is 395 g/mol. The summed E-state index contributed by atoms with van der Waals surface area (Å²) in [4.78, 5) is 32.4. The summed E-state index contributed by atoms with van der Waals surface area (Å²) in [5.41, 5.74) is 2.13. The number of hydrogen-bond acceptors (Lipinski definition) is 4. The fraction of sp³-hybridized carbons (Fsp3) is 0.190. The van der Waals surface area contributed by atoms with Gasteiger partial charge in [0, 0.05) is 18.7 Å². The second-order valence-corrected chi connectivity index (χ2v) is 7.54. The van der Waals surface area contributed by atoms with E-state index in [1.54, 1.807) is 24.0 Å². The third-order valence-corrected chi connectivity index (χ3v) is 5.86. The second kappa shape index (κ2) is 7.52. The molecule has 28 heavy (non-hydrogen) atoms. The van der Waals surface area contributed by atoms with Crippen LogP contribution in [-0.4, -0.2) is 34.8 Å². The number of aromatic nitrogens is 1. The van der Waals surface area contributed by atoms with Crippen molar-refractivity contribution in [1.29, 1.82) is 0 Å². The predicted molar refractivity (Wildman–Crippen MR) is 105 cm³/mol. The number of rotatable bonds is 3. The highest BCUT2D eigenvalue weighted by molar-refractivity contribution is 7.17. The Morgan fingerprint density at radius 3 is 2.61 bits per heavy atom. The number of nitrogens with zero attached hydrogens (tertiary/aromatic N) is 2. The Morgan fingerprint density at radius 1 is 1.18 bits per heavy atom. The standard InChI is InChI=1S/C21H18FN3O2S/c1-13-18(28-20(24-13)15-7-9-16(22)10-8-15)21(27)25-12-11-23-19(26)17(25)14-5-3-2-4-6-14/h2-10,17H,11-12H2,1H3,(H,23,26). The maximum atomic E-state index is 13.3. The Balaban J connectivity index is 1.68. The minimum absolute atomic E-state index is 0.188. The van der Waals surface area contributed by atoms with Crippen molar-refractivity contribution >= 4 is 23.2 Å². The Hall–Kier alpha value is -3.06. The molecule has 2 heterocycles. The molecular formula is C21H18FN3O2S. The molecule has 1 aliphatic rings. The van der Waals surface area contributed by atoms with E-state index >= 15 is 0 Å². The molecule has 0 aliphatic carbocycles. The van der Waals surface area contributed by atoms with Crippen LogP contribution in [0.3, 0.4) is 0 Å². The molecular weight excluding hydrogens is 377 g/mol. The van der Waals surface area contributed by atoms with Crippen LogP contribution in [0.25, 0.3) is 10.6 Å². The van der Waals surface area contributed by atoms with Crippen LogP contribution in [0, 0.1) is 12.7 Å².